The molecule has 0 amide bonds. The van der Waals surface area contributed by atoms with E-state index in [0.717, 1.165) is 22.4 Å². The van der Waals surface area contributed by atoms with E-state index in [2.05, 4.69) is 4.99 Å². The lowest BCUT2D eigenvalue weighted by molar-refractivity contribution is -0.384. The van der Waals surface area contributed by atoms with E-state index in [1.54, 1.807) is 18.3 Å². The molecular weight excluding hydrogens is 364 g/mol. The highest BCUT2D eigenvalue weighted by atomic mass is 35.5. The highest BCUT2D eigenvalue weighted by Gasteiger charge is 2.06. The number of nitro benzene ring substituents is 1. The molecule has 0 bridgehead atoms. The molecule has 3 aromatic carbocycles. The van der Waals surface area contributed by atoms with E-state index in [1.807, 2.05) is 49.4 Å². The smallest absolute Gasteiger partial charge is 0.269 e. The van der Waals surface area contributed by atoms with Gasteiger partial charge in [-0.2, -0.15) is 0 Å². The molecule has 0 saturated carbocycles. The molecule has 0 saturated heterocycles. The Kier molecular flexibility index (Phi) is 5.84. The lowest BCUT2D eigenvalue weighted by Gasteiger charge is -2.09. The Morgan fingerprint density at radius 2 is 1.81 bits per heavy atom. The van der Waals surface area contributed by atoms with Crippen LogP contribution in [-0.2, 0) is 6.61 Å². The van der Waals surface area contributed by atoms with E-state index >= 15 is 0 Å². The van der Waals surface area contributed by atoms with Crippen molar-refractivity contribution >= 4 is 29.2 Å². The second-order valence-electron chi connectivity index (χ2n) is 5.89. The monoisotopic (exact) mass is 380 g/mol. The molecule has 0 N–H and O–H groups in total. The Hall–Kier alpha value is -3.18. The van der Waals surface area contributed by atoms with E-state index in [9.17, 15) is 10.1 Å². The zero-order chi connectivity index (χ0) is 19.2. The number of rotatable bonds is 6. The van der Waals surface area contributed by atoms with Crippen molar-refractivity contribution in [2.45, 2.75) is 13.5 Å². The highest BCUT2D eigenvalue weighted by Crippen LogP contribution is 2.26. The fraction of sp³-hybridized carbons (Fsp3) is 0.0952. The third-order valence-electron chi connectivity index (χ3n) is 4.04. The van der Waals surface area contributed by atoms with Crippen molar-refractivity contribution in [3.05, 3.63) is 98.6 Å². The van der Waals surface area contributed by atoms with Gasteiger partial charge in [0, 0.05) is 28.9 Å². The summed E-state index contributed by atoms with van der Waals surface area (Å²) in [6.07, 6.45) is 1.74. The van der Waals surface area contributed by atoms with Crippen molar-refractivity contribution in [2.75, 3.05) is 0 Å². The van der Waals surface area contributed by atoms with Gasteiger partial charge in [-0.05, 0) is 54.4 Å². The van der Waals surface area contributed by atoms with Crippen LogP contribution in [0.4, 0.5) is 11.4 Å². The normalized spacial score (nSPS) is 10.9. The number of hydrogen-bond donors (Lipinski definition) is 0. The average molecular weight is 381 g/mol. The summed E-state index contributed by atoms with van der Waals surface area (Å²) in [4.78, 5) is 14.8. The molecule has 5 nitrogen and oxygen atoms in total. The van der Waals surface area contributed by atoms with Gasteiger partial charge in [0.2, 0.25) is 0 Å². The summed E-state index contributed by atoms with van der Waals surface area (Å²) in [5.74, 6) is 0.680. The summed E-state index contributed by atoms with van der Waals surface area (Å²) in [6, 6.07) is 19.5. The van der Waals surface area contributed by atoms with E-state index < -0.39 is 4.92 Å². The van der Waals surface area contributed by atoms with Crippen molar-refractivity contribution in [3.63, 3.8) is 0 Å². The molecule has 0 aliphatic heterocycles. The molecule has 0 unspecified atom stereocenters. The van der Waals surface area contributed by atoms with Crippen LogP contribution < -0.4 is 4.74 Å². The minimum absolute atomic E-state index is 0.0585. The van der Waals surface area contributed by atoms with Crippen LogP contribution in [0.25, 0.3) is 0 Å². The van der Waals surface area contributed by atoms with Gasteiger partial charge in [0.1, 0.15) is 12.4 Å². The number of halogens is 1. The van der Waals surface area contributed by atoms with Crippen molar-refractivity contribution in [1.82, 2.24) is 0 Å². The van der Waals surface area contributed by atoms with Crippen LogP contribution in [0.2, 0.25) is 5.02 Å². The number of para-hydroxylation sites is 1. The molecule has 0 spiro atoms. The maximum Gasteiger partial charge on any atom is 0.269 e. The summed E-state index contributed by atoms with van der Waals surface area (Å²) in [6.45, 7) is 2.23. The molecule has 0 aliphatic rings. The average Bonchev–Trinajstić information content (AvgIpc) is 2.68. The van der Waals surface area contributed by atoms with E-state index in [4.69, 9.17) is 16.3 Å². The number of nitrogens with zero attached hydrogens (tertiary/aromatic N) is 2. The van der Waals surface area contributed by atoms with Crippen LogP contribution in [0.5, 0.6) is 5.75 Å². The third-order valence-corrected chi connectivity index (χ3v) is 4.45. The topological polar surface area (TPSA) is 64.7 Å². The van der Waals surface area contributed by atoms with Gasteiger partial charge >= 0.3 is 0 Å². The standard InChI is InChI=1S/C21H17ClN2O3/c1-15-19(22)6-4-7-20(15)23-13-17-5-2-3-8-21(17)27-14-16-9-11-18(12-10-16)24(25)26/h2-13H,14H2,1H3. The molecule has 0 radical (unpaired) electrons. The van der Waals surface area contributed by atoms with Crippen LogP contribution in [0, 0.1) is 17.0 Å². The quantitative estimate of drug-likeness (QED) is 0.304. The molecule has 0 aromatic heterocycles. The molecule has 3 aromatic rings. The van der Waals surface area contributed by atoms with Crippen LogP contribution >= 0.6 is 11.6 Å². The number of hydrogen-bond acceptors (Lipinski definition) is 4. The largest absolute Gasteiger partial charge is 0.488 e. The van der Waals surface area contributed by atoms with Gasteiger partial charge in [-0.15, -0.1) is 0 Å². The molecule has 0 aliphatic carbocycles. The number of benzene rings is 3. The molecule has 3 rings (SSSR count). The molecule has 0 atom stereocenters. The Morgan fingerprint density at radius 1 is 1.07 bits per heavy atom. The molecule has 6 heteroatoms. The number of non-ortho nitro benzene ring substituents is 1. The van der Waals surface area contributed by atoms with Crippen LogP contribution in [0.3, 0.4) is 0 Å². The fourth-order valence-corrected chi connectivity index (χ4v) is 2.64. The van der Waals surface area contributed by atoms with Crippen molar-refractivity contribution in [2.24, 2.45) is 4.99 Å². The highest BCUT2D eigenvalue weighted by molar-refractivity contribution is 6.31. The Bertz CT molecular complexity index is 985. The van der Waals surface area contributed by atoms with Gasteiger partial charge < -0.3 is 4.74 Å². The maximum atomic E-state index is 10.7. The second-order valence-corrected chi connectivity index (χ2v) is 6.30. The van der Waals surface area contributed by atoms with Crippen LogP contribution in [0.15, 0.2) is 71.7 Å². The summed E-state index contributed by atoms with van der Waals surface area (Å²) >= 11 is 6.13. The second kappa shape index (κ2) is 8.47. The Labute approximate surface area is 162 Å². The first kappa shape index (κ1) is 18.6. The van der Waals surface area contributed by atoms with E-state index in [-0.39, 0.29) is 5.69 Å². The fourth-order valence-electron chi connectivity index (χ4n) is 2.47. The van der Waals surface area contributed by atoms with Crippen LogP contribution in [-0.4, -0.2) is 11.1 Å². The van der Waals surface area contributed by atoms with Gasteiger partial charge in [-0.25, -0.2) is 0 Å². The van der Waals surface area contributed by atoms with Gasteiger partial charge in [0.05, 0.1) is 10.6 Å². The first-order valence-electron chi connectivity index (χ1n) is 8.29. The first-order valence-corrected chi connectivity index (χ1v) is 8.67. The summed E-state index contributed by atoms with van der Waals surface area (Å²) in [7, 11) is 0. The lowest BCUT2D eigenvalue weighted by atomic mass is 10.2. The summed E-state index contributed by atoms with van der Waals surface area (Å²) in [5, 5.41) is 11.4. The number of aliphatic imine (C=N–C) groups is 1. The van der Waals surface area contributed by atoms with Crippen molar-refractivity contribution < 1.29 is 9.66 Å². The Balaban J connectivity index is 1.75. The third kappa shape index (κ3) is 4.71. The molecular formula is C21H17ClN2O3. The molecule has 27 heavy (non-hydrogen) atoms. The van der Waals surface area contributed by atoms with Crippen LogP contribution in [0.1, 0.15) is 16.7 Å². The van der Waals surface area contributed by atoms with E-state index in [0.29, 0.717) is 17.4 Å². The Morgan fingerprint density at radius 3 is 2.56 bits per heavy atom. The predicted octanol–water partition coefficient (Wildman–Crippen LogP) is 5.89. The minimum atomic E-state index is -0.422. The van der Waals surface area contributed by atoms with E-state index in [1.165, 1.54) is 12.1 Å². The SMILES string of the molecule is Cc1c(Cl)cccc1N=Cc1ccccc1OCc1ccc([N+](=O)[O-])cc1. The number of nitro groups is 1. The van der Waals surface area contributed by atoms with Gasteiger partial charge in [-0.1, -0.05) is 29.8 Å². The van der Waals surface area contributed by atoms with Gasteiger partial charge in [0.15, 0.2) is 0 Å². The lowest BCUT2D eigenvalue weighted by Crippen LogP contribution is -1.98. The summed E-state index contributed by atoms with van der Waals surface area (Å²) < 4.78 is 5.88. The van der Waals surface area contributed by atoms with Crippen molar-refractivity contribution in [1.29, 1.82) is 0 Å². The maximum absolute atomic E-state index is 10.7. The van der Waals surface area contributed by atoms with Gasteiger partial charge in [0.25, 0.3) is 5.69 Å². The predicted molar refractivity (Wildman–Crippen MR) is 107 cm³/mol. The van der Waals surface area contributed by atoms with Crippen molar-refractivity contribution in [3.8, 4) is 5.75 Å². The molecule has 136 valence electrons. The zero-order valence-electron chi connectivity index (χ0n) is 14.6. The molecule has 0 fully saturated rings. The van der Waals surface area contributed by atoms with Gasteiger partial charge in [-0.3, -0.25) is 15.1 Å². The first-order chi connectivity index (χ1) is 13.0. The zero-order valence-corrected chi connectivity index (χ0v) is 15.4. The summed E-state index contributed by atoms with van der Waals surface area (Å²) in [5.41, 5.74) is 3.45. The minimum Gasteiger partial charge on any atom is -0.488 e. The molecule has 0 heterocycles. The number of ether oxygens (including phenoxy) is 1.